The molecule has 0 fully saturated rings. The van der Waals surface area contributed by atoms with Gasteiger partial charge in [0.2, 0.25) is 4.96 Å². The first kappa shape index (κ1) is 13.1. The highest BCUT2D eigenvalue weighted by molar-refractivity contribution is 7.19. The third-order valence-corrected chi connectivity index (χ3v) is 3.87. The van der Waals surface area contributed by atoms with Gasteiger partial charge in [0, 0.05) is 12.0 Å². The number of fused-ring (bicyclic) bond motifs is 1. The summed E-state index contributed by atoms with van der Waals surface area (Å²) in [6.07, 6.45) is 1.93. The summed E-state index contributed by atoms with van der Waals surface area (Å²) in [5.41, 5.74) is 1.05. The van der Waals surface area contributed by atoms with Crippen molar-refractivity contribution in [3.05, 3.63) is 30.1 Å². The van der Waals surface area contributed by atoms with Crippen LogP contribution in [0.5, 0.6) is 5.75 Å². The van der Waals surface area contributed by atoms with Gasteiger partial charge in [-0.3, -0.25) is 0 Å². The second-order valence-corrected chi connectivity index (χ2v) is 5.38. The Morgan fingerprint density at radius 2 is 2.15 bits per heavy atom. The zero-order valence-corrected chi connectivity index (χ0v) is 12.4. The van der Waals surface area contributed by atoms with Crippen LogP contribution < -0.4 is 4.74 Å². The van der Waals surface area contributed by atoms with E-state index in [1.165, 1.54) is 0 Å². The number of rotatable bonds is 5. The van der Waals surface area contributed by atoms with Crippen molar-refractivity contribution in [2.24, 2.45) is 0 Å². The van der Waals surface area contributed by atoms with Gasteiger partial charge in [-0.2, -0.15) is 9.61 Å². The van der Waals surface area contributed by atoms with Gasteiger partial charge in [0.15, 0.2) is 5.82 Å². The van der Waals surface area contributed by atoms with Crippen LogP contribution in [-0.2, 0) is 6.42 Å². The maximum Gasteiger partial charge on any atom is 0.234 e. The summed E-state index contributed by atoms with van der Waals surface area (Å²) >= 11 is 1.55. The van der Waals surface area contributed by atoms with Crippen molar-refractivity contribution in [3.8, 4) is 16.3 Å². The van der Waals surface area contributed by atoms with Crippen LogP contribution in [0.3, 0.4) is 0 Å². The van der Waals surface area contributed by atoms with Crippen LogP contribution in [-0.4, -0.2) is 26.4 Å². The molecule has 0 unspecified atom stereocenters. The molecule has 3 aromatic rings. The Hall–Kier alpha value is -1.95. The highest BCUT2D eigenvalue weighted by Crippen LogP contribution is 2.28. The van der Waals surface area contributed by atoms with Gasteiger partial charge in [0.25, 0.3) is 0 Å². The smallest absolute Gasteiger partial charge is 0.234 e. The van der Waals surface area contributed by atoms with Crippen molar-refractivity contribution in [2.75, 3.05) is 6.61 Å². The van der Waals surface area contributed by atoms with E-state index < -0.39 is 0 Å². The molecule has 0 aliphatic heterocycles. The lowest BCUT2D eigenvalue weighted by molar-refractivity contribution is 0.340. The van der Waals surface area contributed by atoms with Crippen LogP contribution in [0.4, 0.5) is 0 Å². The summed E-state index contributed by atoms with van der Waals surface area (Å²) in [6.45, 7) is 4.77. The van der Waals surface area contributed by atoms with Crippen LogP contribution >= 0.6 is 11.3 Å². The minimum absolute atomic E-state index is 0.662. The summed E-state index contributed by atoms with van der Waals surface area (Å²) in [6, 6.07) is 7.98. The number of nitrogens with zero attached hydrogens (tertiary/aromatic N) is 4. The number of hydrogen-bond donors (Lipinski definition) is 0. The number of aromatic nitrogens is 4. The first-order chi connectivity index (χ1) is 9.81. The SMILES string of the molecule is CCCc1nnc2sc(-c3cccc(OCC)c3)nn12. The number of hydrogen-bond acceptors (Lipinski definition) is 5. The average molecular weight is 288 g/mol. The number of aryl methyl sites for hydroxylation is 1. The van der Waals surface area contributed by atoms with E-state index in [1.54, 1.807) is 11.3 Å². The summed E-state index contributed by atoms with van der Waals surface area (Å²) in [4.78, 5) is 0.838. The molecule has 6 heteroatoms. The molecule has 20 heavy (non-hydrogen) atoms. The standard InChI is InChI=1S/C14H16N4OS/c1-3-6-12-15-16-14-18(12)17-13(20-14)10-7-5-8-11(9-10)19-4-2/h5,7-9H,3-4,6H2,1-2H3. The molecule has 5 nitrogen and oxygen atoms in total. The summed E-state index contributed by atoms with van der Waals surface area (Å²) < 4.78 is 7.37. The van der Waals surface area contributed by atoms with E-state index in [9.17, 15) is 0 Å². The molecule has 0 aliphatic carbocycles. The van der Waals surface area contributed by atoms with Crippen LogP contribution in [0.1, 0.15) is 26.1 Å². The maximum absolute atomic E-state index is 5.53. The topological polar surface area (TPSA) is 52.3 Å². The lowest BCUT2D eigenvalue weighted by Gasteiger charge is -2.03. The van der Waals surface area contributed by atoms with E-state index >= 15 is 0 Å². The minimum atomic E-state index is 0.662. The van der Waals surface area contributed by atoms with Crippen LogP contribution in [0, 0.1) is 0 Å². The van der Waals surface area contributed by atoms with Gasteiger partial charge in [-0.15, -0.1) is 10.2 Å². The van der Waals surface area contributed by atoms with Gasteiger partial charge in [-0.05, 0) is 25.5 Å². The zero-order valence-electron chi connectivity index (χ0n) is 11.5. The molecule has 2 aromatic heterocycles. The lowest BCUT2D eigenvalue weighted by atomic mass is 10.2. The Kier molecular flexibility index (Phi) is 3.64. The molecule has 2 heterocycles. The molecule has 0 amide bonds. The van der Waals surface area contributed by atoms with Crippen LogP contribution in [0.15, 0.2) is 24.3 Å². The molecule has 0 atom stereocenters. The average Bonchev–Trinajstić information content (AvgIpc) is 3.02. The van der Waals surface area contributed by atoms with Crippen LogP contribution in [0.25, 0.3) is 15.5 Å². The van der Waals surface area contributed by atoms with Crippen molar-refractivity contribution in [1.82, 2.24) is 19.8 Å². The first-order valence-corrected chi connectivity index (χ1v) is 7.57. The molecule has 0 N–H and O–H groups in total. The van der Waals surface area contributed by atoms with Crippen molar-refractivity contribution >= 4 is 16.3 Å². The second kappa shape index (κ2) is 5.58. The normalized spacial score (nSPS) is 11.1. The lowest BCUT2D eigenvalue weighted by Crippen LogP contribution is -1.95. The molecule has 1 aromatic carbocycles. The molecule has 0 aliphatic rings. The highest BCUT2D eigenvalue weighted by atomic mass is 32.1. The zero-order chi connectivity index (χ0) is 13.9. The molecule has 0 bridgehead atoms. The van der Waals surface area contributed by atoms with Gasteiger partial charge in [-0.25, -0.2) is 0 Å². The van der Waals surface area contributed by atoms with E-state index in [0.29, 0.717) is 6.61 Å². The quantitative estimate of drug-likeness (QED) is 0.723. The van der Waals surface area contributed by atoms with Crippen molar-refractivity contribution in [1.29, 1.82) is 0 Å². The Labute approximate surface area is 121 Å². The fraction of sp³-hybridized carbons (Fsp3) is 0.357. The fourth-order valence-electron chi connectivity index (χ4n) is 2.04. The maximum atomic E-state index is 5.53. The molecule has 0 spiro atoms. The third-order valence-electron chi connectivity index (χ3n) is 2.92. The molecule has 0 saturated heterocycles. The number of ether oxygens (including phenoxy) is 1. The van der Waals surface area contributed by atoms with E-state index in [4.69, 9.17) is 4.74 Å². The van der Waals surface area contributed by atoms with Gasteiger partial charge in [0.1, 0.15) is 10.8 Å². The van der Waals surface area contributed by atoms with Crippen molar-refractivity contribution in [3.63, 3.8) is 0 Å². The summed E-state index contributed by atoms with van der Waals surface area (Å²) in [5.74, 6) is 1.79. The predicted molar refractivity (Wildman–Crippen MR) is 79.3 cm³/mol. The minimum Gasteiger partial charge on any atom is -0.494 e. The van der Waals surface area contributed by atoms with Gasteiger partial charge in [-0.1, -0.05) is 30.4 Å². The summed E-state index contributed by atoms with van der Waals surface area (Å²) in [5, 5.41) is 13.9. The second-order valence-electron chi connectivity index (χ2n) is 4.43. The predicted octanol–water partition coefficient (Wildman–Crippen LogP) is 3.20. The molecule has 0 saturated carbocycles. The Morgan fingerprint density at radius 3 is 2.95 bits per heavy atom. The first-order valence-electron chi connectivity index (χ1n) is 6.76. The van der Waals surface area contributed by atoms with Crippen LogP contribution in [0.2, 0.25) is 0 Å². The van der Waals surface area contributed by atoms with Gasteiger partial charge >= 0.3 is 0 Å². The third kappa shape index (κ3) is 2.38. The van der Waals surface area contributed by atoms with Gasteiger partial charge < -0.3 is 4.74 Å². The number of benzene rings is 1. The molecule has 3 rings (SSSR count). The van der Waals surface area contributed by atoms with Crippen molar-refractivity contribution < 1.29 is 4.74 Å². The molecular weight excluding hydrogens is 272 g/mol. The van der Waals surface area contributed by atoms with E-state index in [1.807, 2.05) is 35.7 Å². The van der Waals surface area contributed by atoms with Gasteiger partial charge in [0.05, 0.1) is 6.61 Å². The van der Waals surface area contributed by atoms with E-state index in [0.717, 1.165) is 39.9 Å². The molecular formula is C14H16N4OS. The fourth-order valence-corrected chi connectivity index (χ4v) is 2.89. The highest BCUT2D eigenvalue weighted by Gasteiger charge is 2.12. The molecule has 0 radical (unpaired) electrons. The summed E-state index contributed by atoms with van der Waals surface area (Å²) in [7, 11) is 0. The van der Waals surface area contributed by atoms with E-state index in [-0.39, 0.29) is 0 Å². The Morgan fingerprint density at radius 1 is 1.25 bits per heavy atom. The Balaban J connectivity index is 1.99. The largest absolute Gasteiger partial charge is 0.494 e. The molecule has 104 valence electrons. The van der Waals surface area contributed by atoms with Crippen molar-refractivity contribution in [2.45, 2.75) is 26.7 Å². The monoisotopic (exact) mass is 288 g/mol. The Bertz CT molecular complexity index is 719. The van der Waals surface area contributed by atoms with E-state index in [2.05, 4.69) is 22.2 Å².